The highest BCUT2D eigenvalue weighted by molar-refractivity contribution is 5.82. The van der Waals surface area contributed by atoms with Gasteiger partial charge < -0.3 is 10.2 Å². The number of fused-ring (bicyclic) bond motifs is 1. The molecule has 0 amide bonds. The highest BCUT2D eigenvalue weighted by Gasteiger charge is 2.53. The van der Waals surface area contributed by atoms with Crippen LogP contribution in [0.4, 0.5) is 0 Å². The van der Waals surface area contributed by atoms with Crippen molar-refractivity contribution in [2.75, 3.05) is 0 Å². The van der Waals surface area contributed by atoms with E-state index in [1.165, 1.54) is 0 Å². The first-order chi connectivity index (χ1) is 9.55. The number of Topliss-reactive ketones (excluding diaryl/α,β-unsaturated/α-hetero) is 1. The molecule has 20 heavy (non-hydrogen) atoms. The minimum Gasteiger partial charge on any atom is -0.508 e. The summed E-state index contributed by atoms with van der Waals surface area (Å²) in [6, 6.07) is 7.24. The third-order valence-corrected chi connectivity index (χ3v) is 5.53. The Bertz CT molecular complexity index is 525. The van der Waals surface area contributed by atoms with Crippen molar-refractivity contribution in [3.8, 4) is 5.75 Å². The molecular weight excluding hydrogens is 252 g/mol. The van der Waals surface area contributed by atoms with Crippen molar-refractivity contribution in [3.63, 3.8) is 0 Å². The summed E-state index contributed by atoms with van der Waals surface area (Å²) >= 11 is 0. The number of aromatic hydroxyl groups is 1. The maximum atomic E-state index is 12.1. The Hall–Kier alpha value is -1.35. The third-order valence-electron chi connectivity index (χ3n) is 5.53. The average Bonchev–Trinajstić information content (AvgIpc) is 2.44. The van der Waals surface area contributed by atoms with Gasteiger partial charge in [0.25, 0.3) is 0 Å². The predicted molar refractivity (Wildman–Crippen MR) is 76.5 cm³/mol. The first-order valence-corrected chi connectivity index (χ1v) is 7.56. The Morgan fingerprint density at radius 3 is 2.85 bits per heavy atom. The molecule has 0 aliphatic heterocycles. The van der Waals surface area contributed by atoms with Crippen LogP contribution in [0, 0.1) is 11.8 Å². The first kappa shape index (κ1) is 13.6. The van der Waals surface area contributed by atoms with Gasteiger partial charge in [-0.1, -0.05) is 25.5 Å². The van der Waals surface area contributed by atoms with Crippen LogP contribution in [0.3, 0.4) is 0 Å². The van der Waals surface area contributed by atoms with Crippen LogP contribution in [0.1, 0.15) is 44.6 Å². The zero-order chi connectivity index (χ0) is 14.3. The summed E-state index contributed by atoms with van der Waals surface area (Å²) in [7, 11) is 0. The van der Waals surface area contributed by atoms with Crippen molar-refractivity contribution in [2.45, 2.75) is 50.5 Å². The molecule has 1 aromatic carbocycles. The third kappa shape index (κ3) is 1.87. The quantitative estimate of drug-likeness (QED) is 0.828. The Kier molecular flexibility index (Phi) is 3.33. The zero-order valence-corrected chi connectivity index (χ0v) is 11.9. The van der Waals surface area contributed by atoms with Crippen molar-refractivity contribution < 1.29 is 15.0 Å². The van der Waals surface area contributed by atoms with Gasteiger partial charge in [-0.3, -0.25) is 4.79 Å². The number of aliphatic hydroxyl groups excluding tert-OH is 1. The topological polar surface area (TPSA) is 57.5 Å². The lowest BCUT2D eigenvalue weighted by molar-refractivity contribution is -0.134. The number of hydrogen-bond acceptors (Lipinski definition) is 3. The molecule has 0 radical (unpaired) electrons. The van der Waals surface area contributed by atoms with Gasteiger partial charge in [-0.05, 0) is 42.9 Å². The van der Waals surface area contributed by atoms with E-state index < -0.39 is 6.10 Å². The van der Waals surface area contributed by atoms with Crippen LogP contribution in [0.25, 0.3) is 0 Å². The summed E-state index contributed by atoms with van der Waals surface area (Å²) in [5, 5.41) is 20.5. The van der Waals surface area contributed by atoms with Crippen LogP contribution in [0.5, 0.6) is 5.75 Å². The zero-order valence-electron chi connectivity index (χ0n) is 11.9. The number of rotatable bonds is 1. The highest BCUT2D eigenvalue weighted by Crippen LogP contribution is 2.53. The van der Waals surface area contributed by atoms with E-state index in [4.69, 9.17) is 0 Å². The van der Waals surface area contributed by atoms with Crippen LogP contribution in [-0.4, -0.2) is 22.1 Å². The fourth-order valence-corrected chi connectivity index (χ4v) is 4.47. The van der Waals surface area contributed by atoms with Crippen molar-refractivity contribution in [3.05, 3.63) is 29.8 Å². The molecule has 4 atom stereocenters. The molecule has 108 valence electrons. The van der Waals surface area contributed by atoms with Gasteiger partial charge in [0.2, 0.25) is 0 Å². The van der Waals surface area contributed by atoms with Crippen LogP contribution in [0.2, 0.25) is 0 Å². The average molecular weight is 274 g/mol. The van der Waals surface area contributed by atoms with E-state index in [0.717, 1.165) is 24.8 Å². The Morgan fingerprint density at radius 2 is 2.10 bits per heavy atom. The maximum absolute atomic E-state index is 12.1. The number of carbonyl (C=O) groups is 1. The van der Waals surface area contributed by atoms with Crippen LogP contribution >= 0.6 is 0 Å². The summed E-state index contributed by atoms with van der Waals surface area (Å²) < 4.78 is 0. The van der Waals surface area contributed by atoms with Gasteiger partial charge in [0.15, 0.2) is 0 Å². The van der Waals surface area contributed by atoms with E-state index >= 15 is 0 Å². The second-order valence-electron chi connectivity index (χ2n) is 6.40. The van der Waals surface area contributed by atoms with Gasteiger partial charge in [0.1, 0.15) is 11.5 Å². The Labute approximate surface area is 119 Å². The number of phenolic OH excluding ortho intramolecular Hbond substituents is 1. The van der Waals surface area contributed by atoms with Crippen LogP contribution < -0.4 is 0 Å². The molecule has 2 aliphatic rings. The Morgan fingerprint density at radius 1 is 1.30 bits per heavy atom. The van der Waals surface area contributed by atoms with Gasteiger partial charge in [-0.2, -0.15) is 0 Å². The smallest absolute Gasteiger partial charge is 0.136 e. The number of ketones is 1. The van der Waals surface area contributed by atoms with Gasteiger partial charge in [-0.25, -0.2) is 0 Å². The second kappa shape index (κ2) is 4.88. The highest BCUT2D eigenvalue weighted by atomic mass is 16.3. The van der Waals surface area contributed by atoms with Crippen LogP contribution in [0.15, 0.2) is 24.3 Å². The second-order valence-corrected chi connectivity index (χ2v) is 6.40. The van der Waals surface area contributed by atoms with E-state index in [-0.39, 0.29) is 23.0 Å². The largest absolute Gasteiger partial charge is 0.508 e. The molecule has 0 aromatic heterocycles. The minimum atomic E-state index is -0.418. The molecule has 2 N–H and O–H groups in total. The summed E-state index contributed by atoms with van der Waals surface area (Å²) in [4.78, 5) is 12.1. The molecule has 3 rings (SSSR count). The lowest BCUT2D eigenvalue weighted by Gasteiger charge is -2.53. The standard InChI is InChI=1S/C17H22O3/c1-11-14-6-3-7-16(20)17(14,9-8-15(11)19)12-4-2-5-13(18)10-12/h2,4-5,10-11,14,16,18,20H,3,6-9H2,1H3/t11-,14-,16-,17+/m0/s1. The van der Waals surface area contributed by atoms with Gasteiger partial charge >= 0.3 is 0 Å². The number of aliphatic hydroxyl groups is 1. The number of hydrogen-bond donors (Lipinski definition) is 2. The summed E-state index contributed by atoms with van der Waals surface area (Å²) in [6.07, 6.45) is 3.56. The molecular formula is C17H22O3. The number of phenols is 1. The van der Waals surface area contributed by atoms with Gasteiger partial charge in [0.05, 0.1) is 6.10 Å². The molecule has 1 aromatic rings. The van der Waals surface area contributed by atoms with E-state index in [2.05, 4.69) is 0 Å². The fourth-order valence-electron chi connectivity index (χ4n) is 4.47. The molecule has 0 spiro atoms. The summed E-state index contributed by atoms with van der Waals surface area (Å²) in [5.74, 6) is 0.744. The van der Waals surface area contributed by atoms with Gasteiger partial charge in [0, 0.05) is 17.8 Å². The summed E-state index contributed by atoms with van der Waals surface area (Å²) in [6.45, 7) is 2.00. The molecule has 0 bridgehead atoms. The molecule has 0 saturated heterocycles. The normalized spacial score (nSPS) is 37.5. The fraction of sp³-hybridized carbons (Fsp3) is 0.588. The maximum Gasteiger partial charge on any atom is 0.136 e. The van der Waals surface area contributed by atoms with E-state index in [9.17, 15) is 15.0 Å². The minimum absolute atomic E-state index is 0.000971. The lowest BCUT2D eigenvalue weighted by Crippen LogP contribution is -2.55. The summed E-state index contributed by atoms with van der Waals surface area (Å²) in [5.41, 5.74) is 0.638. The molecule has 3 nitrogen and oxygen atoms in total. The van der Waals surface area contributed by atoms with Gasteiger partial charge in [-0.15, -0.1) is 0 Å². The molecule has 2 fully saturated rings. The van der Waals surface area contributed by atoms with E-state index in [0.29, 0.717) is 18.6 Å². The van der Waals surface area contributed by atoms with Crippen molar-refractivity contribution in [1.82, 2.24) is 0 Å². The predicted octanol–water partition coefficient (Wildman–Crippen LogP) is 2.79. The van der Waals surface area contributed by atoms with Crippen molar-refractivity contribution >= 4 is 5.78 Å². The first-order valence-electron chi connectivity index (χ1n) is 7.56. The van der Waals surface area contributed by atoms with Crippen LogP contribution in [-0.2, 0) is 10.2 Å². The van der Waals surface area contributed by atoms with Crippen molar-refractivity contribution in [1.29, 1.82) is 0 Å². The molecule has 3 heteroatoms. The molecule has 2 aliphatic carbocycles. The molecule has 0 heterocycles. The molecule has 2 saturated carbocycles. The monoisotopic (exact) mass is 274 g/mol. The number of carbonyl (C=O) groups excluding carboxylic acids is 1. The molecule has 0 unspecified atom stereocenters. The van der Waals surface area contributed by atoms with Crippen molar-refractivity contribution in [2.24, 2.45) is 11.8 Å². The number of benzene rings is 1. The SMILES string of the molecule is C[C@@H]1C(=O)CC[C@]2(c3cccc(O)c3)[C@@H](O)CCC[C@@H]12. The Balaban J connectivity index is 2.11. The van der Waals surface area contributed by atoms with E-state index in [1.54, 1.807) is 12.1 Å². The van der Waals surface area contributed by atoms with E-state index in [1.807, 2.05) is 19.1 Å². The lowest BCUT2D eigenvalue weighted by atomic mass is 9.52.